The average Bonchev–Trinajstić information content (AvgIpc) is 2.84. The first-order chi connectivity index (χ1) is 11.2. The van der Waals surface area contributed by atoms with Crippen molar-refractivity contribution >= 4 is 29.0 Å². The van der Waals surface area contributed by atoms with Crippen LogP contribution in [0.1, 0.15) is 18.4 Å². The first kappa shape index (κ1) is 15.0. The molecule has 0 saturated heterocycles. The quantitative estimate of drug-likeness (QED) is 0.789. The largest absolute Gasteiger partial charge is 0.550 e. The number of anilines is 2. The van der Waals surface area contributed by atoms with Crippen LogP contribution in [-0.4, -0.2) is 24.1 Å². The predicted octanol–water partition coefficient (Wildman–Crippen LogP) is 1.68. The maximum Gasteiger partial charge on any atom is 0.281 e. The fourth-order valence-electron chi connectivity index (χ4n) is 2.60. The number of carbonyl (C=O) groups excluding carboxylic acids is 2. The second-order valence-electron chi connectivity index (χ2n) is 5.20. The highest BCUT2D eigenvalue weighted by molar-refractivity contribution is 6.55. The lowest BCUT2D eigenvalue weighted by atomic mass is 10.1. The molecule has 0 saturated carbocycles. The molecule has 0 bridgehead atoms. The Hall–Kier alpha value is -2.95. The van der Waals surface area contributed by atoms with Crippen LogP contribution in [-0.2, 0) is 9.59 Å². The zero-order valence-electron chi connectivity index (χ0n) is 12.4. The maximum atomic E-state index is 12.8. The molecule has 0 fully saturated rings. The molecule has 1 amide bonds. The number of para-hydroxylation sites is 2. The Kier molecular flexibility index (Phi) is 4.19. The van der Waals surface area contributed by atoms with Gasteiger partial charge in [-0.3, -0.25) is 14.7 Å². The molecule has 1 heterocycles. The van der Waals surface area contributed by atoms with Gasteiger partial charge < -0.3 is 9.90 Å². The van der Waals surface area contributed by atoms with Gasteiger partial charge in [0.15, 0.2) is 0 Å². The predicted molar refractivity (Wildman–Crippen MR) is 85.7 cm³/mol. The Morgan fingerprint density at radius 2 is 1.74 bits per heavy atom. The van der Waals surface area contributed by atoms with Crippen LogP contribution in [0.2, 0.25) is 0 Å². The molecule has 3 rings (SSSR count). The van der Waals surface area contributed by atoms with E-state index in [4.69, 9.17) is 0 Å². The molecule has 2 aromatic carbocycles. The summed E-state index contributed by atoms with van der Waals surface area (Å²) in [5, 5.41) is 10.5. The molecule has 5 heteroatoms. The summed E-state index contributed by atoms with van der Waals surface area (Å²) in [6.07, 6.45) is 0.293. The number of benzene rings is 2. The molecule has 116 valence electrons. The average molecular weight is 307 g/mol. The highest BCUT2D eigenvalue weighted by Crippen LogP contribution is 2.35. The summed E-state index contributed by atoms with van der Waals surface area (Å²) < 4.78 is 0. The summed E-state index contributed by atoms with van der Waals surface area (Å²) in [5.74, 6) is -1.29. The first-order valence-corrected chi connectivity index (χ1v) is 7.41. The Balaban J connectivity index is 1.93. The van der Waals surface area contributed by atoms with Gasteiger partial charge in [-0.15, -0.1) is 0 Å². The van der Waals surface area contributed by atoms with Crippen LogP contribution in [0.25, 0.3) is 0 Å². The van der Waals surface area contributed by atoms with Crippen LogP contribution in [0.15, 0.2) is 59.6 Å². The Morgan fingerprint density at radius 3 is 2.48 bits per heavy atom. The molecule has 0 unspecified atom stereocenters. The SMILES string of the molecule is O=C([O-])CCCN=C1C(=O)N(c2ccccc2)c2ccccc21. The molecular weight excluding hydrogens is 292 g/mol. The monoisotopic (exact) mass is 307 g/mol. The van der Waals surface area contributed by atoms with Crippen molar-refractivity contribution in [1.82, 2.24) is 0 Å². The number of carboxylic acids is 1. The summed E-state index contributed by atoms with van der Waals surface area (Å²) in [4.78, 5) is 29.2. The maximum absolute atomic E-state index is 12.8. The minimum absolute atomic E-state index is 0.0605. The molecule has 0 atom stereocenters. The number of amides is 1. The van der Waals surface area contributed by atoms with Gasteiger partial charge in [0.25, 0.3) is 5.91 Å². The molecule has 0 N–H and O–H groups in total. The highest BCUT2D eigenvalue weighted by atomic mass is 16.4. The van der Waals surface area contributed by atoms with Crippen LogP contribution in [0, 0.1) is 0 Å². The summed E-state index contributed by atoms with van der Waals surface area (Å²) in [7, 11) is 0. The number of nitrogens with zero attached hydrogens (tertiary/aromatic N) is 2. The molecule has 1 aliphatic heterocycles. The van der Waals surface area contributed by atoms with Crippen molar-refractivity contribution in [1.29, 1.82) is 0 Å². The zero-order valence-corrected chi connectivity index (χ0v) is 12.4. The minimum Gasteiger partial charge on any atom is -0.550 e. The summed E-state index contributed by atoms with van der Waals surface area (Å²) >= 11 is 0. The van der Waals surface area contributed by atoms with E-state index in [1.807, 2.05) is 54.6 Å². The van der Waals surface area contributed by atoms with Gasteiger partial charge in [0.05, 0.1) is 5.69 Å². The van der Waals surface area contributed by atoms with Gasteiger partial charge in [0, 0.05) is 23.8 Å². The van der Waals surface area contributed by atoms with Gasteiger partial charge in [0.2, 0.25) is 0 Å². The van der Waals surface area contributed by atoms with E-state index in [9.17, 15) is 14.7 Å². The first-order valence-electron chi connectivity index (χ1n) is 7.41. The Bertz CT molecular complexity index is 769. The number of hydrogen-bond acceptors (Lipinski definition) is 4. The van der Waals surface area contributed by atoms with Crippen LogP contribution >= 0.6 is 0 Å². The van der Waals surface area contributed by atoms with Crippen molar-refractivity contribution in [3.63, 3.8) is 0 Å². The summed E-state index contributed by atoms with van der Waals surface area (Å²) in [6, 6.07) is 16.9. The van der Waals surface area contributed by atoms with Crippen molar-refractivity contribution in [2.24, 2.45) is 4.99 Å². The van der Waals surface area contributed by atoms with Gasteiger partial charge in [-0.05, 0) is 31.0 Å². The van der Waals surface area contributed by atoms with E-state index in [-0.39, 0.29) is 18.9 Å². The zero-order chi connectivity index (χ0) is 16.2. The van der Waals surface area contributed by atoms with Gasteiger partial charge in [0.1, 0.15) is 5.71 Å². The van der Waals surface area contributed by atoms with Crippen molar-refractivity contribution in [3.05, 3.63) is 60.2 Å². The van der Waals surface area contributed by atoms with Crippen LogP contribution < -0.4 is 10.0 Å². The molecule has 0 spiro atoms. The normalized spacial score (nSPS) is 15.0. The molecule has 2 aromatic rings. The Labute approximate surface area is 133 Å². The molecule has 0 aromatic heterocycles. The standard InChI is InChI=1S/C18H16N2O3/c21-16(22)11-6-12-19-17-14-9-4-5-10-15(14)20(18(17)23)13-7-2-1-3-8-13/h1-5,7-10H,6,11-12H2,(H,21,22)/p-1. The fourth-order valence-corrected chi connectivity index (χ4v) is 2.60. The summed E-state index contributed by atoms with van der Waals surface area (Å²) in [6.45, 7) is 0.284. The van der Waals surface area contributed by atoms with Crippen LogP contribution in [0.5, 0.6) is 0 Å². The van der Waals surface area contributed by atoms with Crippen molar-refractivity contribution in [2.75, 3.05) is 11.4 Å². The molecule has 0 radical (unpaired) electrons. The minimum atomic E-state index is -1.10. The van der Waals surface area contributed by atoms with E-state index in [2.05, 4.69) is 4.99 Å². The molecule has 23 heavy (non-hydrogen) atoms. The number of carboxylic acid groups (broad SMARTS) is 1. The molecular formula is C18H15N2O3-. The third-order valence-corrected chi connectivity index (χ3v) is 3.63. The number of rotatable bonds is 5. The second kappa shape index (κ2) is 6.44. The van der Waals surface area contributed by atoms with E-state index in [1.165, 1.54) is 0 Å². The third-order valence-electron chi connectivity index (χ3n) is 3.63. The van der Waals surface area contributed by atoms with Gasteiger partial charge in [-0.1, -0.05) is 36.4 Å². The number of fused-ring (bicyclic) bond motifs is 1. The van der Waals surface area contributed by atoms with E-state index in [1.54, 1.807) is 4.90 Å². The van der Waals surface area contributed by atoms with E-state index < -0.39 is 5.97 Å². The number of hydrogen-bond donors (Lipinski definition) is 0. The van der Waals surface area contributed by atoms with Gasteiger partial charge in [-0.2, -0.15) is 0 Å². The van der Waals surface area contributed by atoms with Gasteiger partial charge >= 0.3 is 0 Å². The van der Waals surface area contributed by atoms with E-state index in [0.29, 0.717) is 12.1 Å². The van der Waals surface area contributed by atoms with Gasteiger partial charge in [-0.25, -0.2) is 0 Å². The highest BCUT2D eigenvalue weighted by Gasteiger charge is 2.34. The molecule has 5 nitrogen and oxygen atoms in total. The second-order valence-corrected chi connectivity index (χ2v) is 5.20. The smallest absolute Gasteiger partial charge is 0.281 e. The molecule has 0 aliphatic carbocycles. The lowest BCUT2D eigenvalue weighted by Crippen LogP contribution is -2.25. The number of aliphatic imine (C=N–C) groups is 1. The summed E-state index contributed by atoms with van der Waals surface area (Å²) in [5.41, 5.74) is 2.73. The van der Waals surface area contributed by atoms with E-state index in [0.717, 1.165) is 16.9 Å². The topological polar surface area (TPSA) is 72.8 Å². The lowest BCUT2D eigenvalue weighted by Gasteiger charge is -2.16. The molecule has 1 aliphatic rings. The van der Waals surface area contributed by atoms with Crippen LogP contribution in [0.3, 0.4) is 0 Å². The third kappa shape index (κ3) is 2.99. The van der Waals surface area contributed by atoms with Crippen molar-refractivity contribution < 1.29 is 14.7 Å². The number of carbonyl (C=O) groups is 2. The van der Waals surface area contributed by atoms with Crippen molar-refractivity contribution in [2.45, 2.75) is 12.8 Å². The fraction of sp³-hybridized carbons (Fsp3) is 0.167. The Morgan fingerprint density at radius 1 is 1.04 bits per heavy atom. The lowest BCUT2D eigenvalue weighted by molar-refractivity contribution is -0.305. The van der Waals surface area contributed by atoms with Crippen molar-refractivity contribution in [3.8, 4) is 0 Å². The van der Waals surface area contributed by atoms with Crippen LogP contribution in [0.4, 0.5) is 11.4 Å². The van der Waals surface area contributed by atoms with E-state index >= 15 is 0 Å². The number of aliphatic carboxylic acids is 1.